The van der Waals surface area contributed by atoms with Gasteiger partial charge in [-0.1, -0.05) is 43.9 Å². The van der Waals surface area contributed by atoms with Gasteiger partial charge in [0.15, 0.2) is 9.84 Å². The molecule has 5 heteroatoms. The number of hydrogen-bond donors (Lipinski definition) is 1. The first kappa shape index (κ1) is 16.7. The Morgan fingerprint density at radius 2 is 1.64 bits per heavy atom. The van der Waals surface area contributed by atoms with Gasteiger partial charge in [-0.15, -0.1) is 0 Å². The summed E-state index contributed by atoms with van der Waals surface area (Å²) >= 11 is 0. The van der Waals surface area contributed by atoms with Gasteiger partial charge in [0.1, 0.15) is 0 Å². The topological polar surface area (TPSA) is 71.4 Å². The summed E-state index contributed by atoms with van der Waals surface area (Å²) in [6.45, 7) is 0. The largest absolute Gasteiger partial charge is 0.478 e. The van der Waals surface area contributed by atoms with Crippen molar-refractivity contribution in [3.63, 3.8) is 0 Å². The Morgan fingerprint density at radius 1 is 1.09 bits per heavy atom. The lowest BCUT2D eigenvalue weighted by atomic mass is 9.94. The van der Waals surface area contributed by atoms with Crippen LogP contribution in [0.1, 0.15) is 44.1 Å². The number of hydrogen-bond acceptors (Lipinski definition) is 3. The highest BCUT2D eigenvalue weighted by atomic mass is 32.2. The molecule has 1 aliphatic rings. The van der Waals surface area contributed by atoms with Crippen molar-refractivity contribution in [3.05, 3.63) is 35.9 Å². The van der Waals surface area contributed by atoms with E-state index in [0.29, 0.717) is 11.5 Å². The van der Waals surface area contributed by atoms with Gasteiger partial charge < -0.3 is 5.11 Å². The number of benzene rings is 1. The average Bonchev–Trinajstić information content (AvgIpc) is 2.72. The molecule has 120 valence electrons. The molecule has 0 bridgehead atoms. The number of sulfone groups is 1. The Labute approximate surface area is 131 Å². The molecule has 22 heavy (non-hydrogen) atoms. The summed E-state index contributed by atoms with van der Waals surface area (Å²) in [5.74, 6) is -0.667. The quantitative estimate of drug-likeness (QED) is 0.680. The van der Waals surface area contributed by atoms with Crippen LogP contribution in [0.4, 0.5) is 0 Å². The summed E-state index contributed by atoms with van der Waals surface area (Å²) in [4.78, 5) is 11.8. The molecule has 2 rings (SSSR count). The molecular formula is C17H22O4S. The van der Waals surface area contributed by atoms with Gasteiger partial charge in [0, 0.05) is 6.26 Å². The molecule has 1 aromatic rings. The lowest BCUT2D eigenvalue weighted by Gasteiger charge is -2.11. The molecule has 1 aliphatic carbocycles. The van der Waals surface area contributed by atoms with Crippen molar-refractivity contribution < 1.29 is 18.3 Å². The predicted octanol–water partition coefficient (Wildman–Crippen LogP) is 3.53. The Bertz CT molecular complexity index is 648. The number of rotatable bonds is 4. The lowest BCUT2D eigenvalue weighted by Crippen LogP contribution is -2.05. The second-order valence-electron chi connectivity index (χ2n) is 5.93. The maximum atomic E-state index is 11.6. The summed E-state index contributed by atoms with van der Waals surface area (Å²) in [6.07, 6.45) is 9.76. The van der Waals surface area contributed by atoms with Gasteiger partial charge in [-0.05, 0) is 36.5 Å². The fourth-order valence-corrected chi connectivity index (χ4v) is 3.52. The van der Waals surface area contributed by atoms with E-state index in [-0.39, 0.29) is 10.5 Å². The molecular weight excluding hydrogens is 300 g/mol. The van der Waals surface area contributed by atoms with Crippen molar-refractivity contribution in [1.82, 2.24) is 0 Å². The molecule has 4 nitrogen and oxygen atoms in total. The summed E-state index contributed by atoms with van der Waals surface area (Å²) in [5.41, 5.74) is 0.830. The molecule has 1 fully saturated rings. The van der Waals surface area contributed by atoms with Gasteiger partial charge in [0.2, 0.25) is 0 Å². The molecule has 0 unspecified atom stereocenters. The smallest absolute Gasteiger partial charge is 0.335 e. The van der Waals surface area contributed by atoms with Crippen molar-refractivity contribution in [2.45, 2.75) is 43.4 Å². The highest BCUT2D eigenvalue weighted by Crippen LogP contribution is 2.28. The summed E-state index contributed by atoms with van der Waals surface area (Å²) in [7, 11) is -3.26. The molecule has 0 spiro atoms. The van der Waals surface area contributed by atoms with Gasteiger partial charge >= 0.3 is 5.97 Å². The van der Waals surface area contributed by atoms with Gasteiger partial charge in [-0.2, -0.15) is 0 Å². The zero-order chi connectivity index (χ0) is 16.2. The van der Waals surface area contributed by atoms with Gasteiger partial charge in [-0.25, -0.2) is 13.2 Å². The molecule has 0 heterocycles. The molecule has 0 aromatic heterocycles. The van der Waals surface area contributed by atoms with Crippen LogP contribution in [0.5, 0.6) is 0 Å². The summed E-state index contributed by atoms with van der Waals surface area (Å²) in [6, 6.07) is 6.09. The Hall–Kier alpha value is -1.62. The van der Waals surface area contributed by atoms with Gasteiger partial charge in [0.05, 0.1) is 10.5 Å². The second kappa shape index (κ2) is 7.09. The monoisotopic (exact) mass is 322 g/mol. The standard InChI is InChI=1S/C17H22O4S/c1-22(20,21)15-10-8-14(9-11-15)16(17(18)19)12-13-6-4-2-3-5-7-13/h8-13H,2-7H2,1H3,(H,18,19)/b16-12+. The van der Waals surface area contributed by atoms with E-state index in [1.54, 1.807) is 12.1 Å². The maximum absolute atomic E-state index is 11.6. The molecule has 1 N–H and O–H groups in total. The van der Waals surface area contributed by atoms with Crippen LogP contribution in [-0.2, 0) is 14.6 Å². The van der Waals surface area contributed by atoms with Crippen molar-refractivity contribution in [1.29, 1.82) is 0 Å². The van der Waals surface area contributed by atoms with Crippen LogP contribution in [0.3, 0.4) is 0 Å². The Morgan fingerprint density at radius 3 is 2.09 bits per heavy atom. The summed E-state index contributed by atoms with van der Waals surface area (Å²) in [5, 5.41) is 9.47. The van der Waals surface area contributed by atoms with E-state index in [1.807, 2.05) is 6.08 Å². The first-order chi connectivity index (χ1) is 10.4. The first-order valence-corrected chi connectivity index (χ1v) is 9.52. The van der Waals surface area contributed by atoms with E-state index in [1.165, 1.54) is 25.0 Å². The van der Waals surface area contributed by atoms with E-state index in [0.717, 1.165) is 31.9 Å². The van der Waals surface area contributed by atoms with Gasteiger partial charge in [-0.3, -0.25) is 0 Å². The summed E-state index contributed by atoms with van der Waals surface area (Å²) < 4.78 is 22.9. The molecule has 0 aliphatic heterocycles. The Balaban J connectivity index is 2.29. The normalized spacial score (nSPS) is 18.0. The minimum absolute atomic E-state index is 0.204. The zero-order valence-electron chi connectivity index (χ0n) is 12.8. The van der Waals surface area contributed by atoms with E-state index in [9.17, 15) is 18.3 Å². The van der Waals surface area contributed by atoms with Gasteiger partial charge in [0.25, 0.3) is 0 Å². The molecule has 0 amide bonds. The van der Waals surface area contributed by atoms with Crippen LogP contribution in [-0.4, -0.2) is 25.7 Å². The van der Waals surface area contributed by atoms with Crippen LogP contribution in [0.15, 0.2) is 35.2 Å². The van der Waals surface area contributed by atoms with Crippen molar-refractivity contribution in [2.24, 2.45) is 5.92 Å². The van der Waals surface area contributed by atoms with Crippen LogP contribution < -0.4 is 0 Å². The van der Waals surface area contributed by atoms with Crippen molar-refractivity contribution in [3.8, 4) is 0 Å². The molecule has 0 radical (unpaired) electrons. The third kappa shape index (κ3) is 4.44. The number of aliphatic carboxylic acids is 1. The van der Waals surface area contributed by atoms with Crippen LogP contribution in [0.25, 0.3) is 5.57 Å². The second-order valence-corrected chi connectivity index (χ2v) is 7.95. The minimum Gasteiger partial charge on any atom is -0.478 e. The fraction of sp³-hybridized carbons (Fsp3) is 0.471. The number of carboxylic acid groups (broad SMARTS) is 1. The maximum Gasteiger partial charge on any atom is 0.335 e. The molecule has 1 saturated carbocycles. The fourth-order valence-electron chi connectivity index (χ4n) is 2.89. The Kier molecular flexibility index (Phi) is 5.40. The highest BCUT2D eigenvalue weighted by molar-refractivity contribution is 7.90. The van der Waals surface area contributed by atoms with Crippen molar-refractivity contribution in [2.75, 3.05) is 6.26 Å². The van der Waals surface area contributed by atoms with Crippen molar-refractivity contribution >= 4 is 21.4 Å². The molecule has 0 atom stereocenters. The molecule has 1 aromatic carbocycles. The van der Waals surface area contributed by atoms with Crippen LogP contribution >= 0.6 is 0 Å². The minimum atomic E-state index is -3.26. The van der Waals surface area contributed by atoms with E-state index in [4.69, 9.17) is 0 Å². The third-order valence-corrected chi connectivity index (χ3v) is 5.25. The van der Waals surface area contributed by atoms with Crippen LogP contribution in [0.2, 0.25) is 0 Å². The van der Waals surface area contributed by atoms with E-state index >= 15 is 0 Å². The lowest BCUT2D eigenvalue weighted by molar-refractivity contribution is -0.130. The zero-order valence-corrected chi connectivity index (χ0v) is 13.6. The van der Waals surface area contributed by atoms with Crippen LogP contribution in [0, 0.1) is 5.92 Å². The highest BCUT2D eigenvalue weighted by Gasteiger charge is 2.16. The number of allylic oxidation sites excluding steroid dienone is 1. The predicted molar refractivity (Wildman–Crippen MR) is 86.4 cm³/mol. The molecule has 0 saturated heterocycles. The number of carbonyl (C=O) groups is 1. The average molecular weight is 322 g/mol. The SMILES string of the molecule is CS(=O)(=O)c1ccc(/C(=C\C2CCCCCC2)C(=O)O)cc1. The third-order valence-electron chi connectivity index (χ3n) is 4.13. The van der Waals surface area contributed by atoms with E-state index < -0.39 is 15.8 Å². The first-order valence-electron chi connectivity index (χ1n) is 7.63. The number of carboxylic acids is 1. The van der Waals surface area contributed by atoms with E-state index in [2.05, 4.69) is 0 Å².